The van der Waals surface area contributed by atoms with Crippen molar-refractivity contribution in [3.05, 3.63) is 29.8 Å². The van der Waals surface area contributed by atoms with Crippen LogP contribution in [-0.2, 0) is 20.7 Å². The van der Waals surface area contributed by atoms with E-state index in [1.165, 1.54) is 5.56 Å². The van der Waals surface area contributed by atoms with Crippen LogP contribution in [0.25, 0.3) is 0 Å². The van der Waals surface area contributed by atoms with Gasteiger partial charge in [0.2, 0.25) is 0 Å². The Bertz CT molecular complexity index is 453. The fourth-order valence-corrected chi connectivity index (χ4v) is 2.19. The van der Waals surface area contributed by atoms with Crippen LogP contribution in [0.2, 0.25) is 0 Å². The molecule has 1 aromatic rings. The molecule has 0 aliphatic rings. The lowest BCUT2D eigenvalue weighted by Gasteiger charge is -2.08. The highest BCUT2D eigenvalue weighted by molar-refractivity contribution is 5.67. The van der Waals surface area contributed by atoms with Crippen LogP contribution in [0.4, 0.5) is 0 Å². The highest BCUT2D eigenvalue weighted by Crippen LogP contribution is 2.14. The van der Waals surface area contributed by atoms with E-state index in [-0.39, 0.29) is 6.61 Å². The second-order valence-corrected chi connectivity index (χ2v) is 5.51. The molecule has 0 aliphatic carbocycles. The number of rotatable bonds is 15. The highest BCUT2D eigenvalue weighted by atomic mass is 16.5. The van der Waals surface area contributed by atoms with Crippen LogP contribution in [0.3, 0.4) is 0 Å². The van der Waals surface area contributed by atoms with Crippen LogP contribution in [0.15, 0.2) is 24.3 Å². The van der Waals surface area contributed by atoms with Gasteiger partial charge in [0.1, 0.15) is 12.4 Å². The minimum absolute atomic E-state index is 0.265. The summed E-state index contributed by atoms with van der Waals surface area (Å²) in [5.74, 6) is -0.0473. The van der Waals surface area contributed by atoms with Crippen LogP contribution < -0.4 is 10.5 Å². The Labute approximate surface area is 143 Å². The molecule has 6 heteroatoms. The van der Waals surface area contributed by atoms with Gasteiger partial charge in [-0.15, -0.1) is 0 Å². The minimum Gasteiger partial charge on any atom is -0.494 e. The van der Waals surface area contributed by atoms with E-state index < -0.39 is 5.97 Å². The third-order valence-corrected chi connectivity index (χ3v) is 3.38. The molecule has 0 unspecified atom stereocenters. The van der Waals surface area contributed by atoms with E-state index in [0.29, 0.717) is 26.4 Å². The summed E-state index contributed by atoms with van der Waals surface area (Å²) < 4.78 is 16.0. The van der Waals surface area contributed by atoms with Gasteiger partial charge < -0.3 is 25.1 Å². The number of nitrogens with two attached hydrogens (primary N) is 1. The molecule has 1 aromatic carbocycles. The van der Waals surface area contributed by atoms with E-state index in [1.807, 2.05) is 18.2 Å². The first kappa shape index (κ1) is 20.4. The van der Waals surface area contributed by atoms with Crippen LogP contribution in [0, 0.1) is 0 Å². The zero-order valence-corrected chi connectivity index (χ0v) is 14.2. The molecule has 1 rings (SSSR count). The number of ether oxygens (including phenoxy) is 3. The van der Waals surface area contributed by atoms with Gasteiger partial charge in [-0.25, -0.2) is 4.79 Å². The normalized spacial score (nSPS) is 10.7. The van der Waals surface area contributed by atoms with E-state index in [2.05, 4.69) is 6.07 Å². The summed E-state index contributed by atoms with van der Waals surface area (Å²) in [4.78, 5) is 10.2. The van der Waals surface area contributed by atoms with Crippen molar-refractivity contribution in [2.24, 2.45) is 5.73 Å². The summed E-state index contributed by atoms with van der Waals surface area (Å²) in [6.45, 7) is 2.54. The Kier molecular flexibility index (Phi) is 11.7. The molecule has 0 radical (unpaired) electrons. The van der Waals surface area contributed by atoms with E-state index in [9.17, 15) is 4.79 Å². The summed E-state index contributed by atoms with van der Waals surface area (Å²) in [5.41, 5.74) is 6.76. The van der Waals surface area contributed by atoms with E-state index in [0.717, 1.165) is 44.5 Å². The molecule has 0 atom stereocenters. The molecule has 24 heavy (non-hydrogen) atoms. The van der Waals surface area contributed by atoms with Gasteiger partial charge in [0, 0.05) is 6.61 Å². The number of carbonyl (C=O) groups is 1. The fraction of sp³-hybridized carbons (Fsp3) is 0.611. The topological polar surface area (TPSA) is 91.0 Å². The average molecular weight is 339 g/mol. The molecule has 0 aliphatic heterocycles. The molecule has 6 nitrogen and oxygen atoms in total. The Morgan fingerprint density at radius 1 is 1.00 bits per heavy atom. The monoisotopic (exact) mass is 339 g/mol. The largest absolute Gasteiger partial charge is 0.494 e. The number of carboxylic acid groups (broad SMARTS) is 1. The predicted octanol–water partition coefficient (Wildman–Crippen LogP) is 2.24. The maximum absolute atomic E-state index is 10.2. The average Bonchev–Trinajstić information content (AvgIpc) is 2.56. The van der Waals surface area contributed by atoms with Crippen molar-refractivity contribution in [2.45, 2.75) is 32.1 Å². The lowest BCUT2D eigenvalue weighted by Crippen LogP contribution is -2.11. The number of hydrogen-bond acceptors (Lipinski definition) is 5. The van der Waals surface area contributed by atoms with Crippen molar-refractivity contribution >= 4 is 5.97 Å². The third-order valence-electron chi connectivity index (χ3n) is 3.38. The van der Waals surface area contributed by atoms with Crippen molar-refractivity contribution in [1.82, 2.24) is 0 Å². The Morgan fingerprint density at radius 3 is 2.50 bits per heavy atom. The summed E-state index contributed by atoms with van der Waals surface area (Å²) in [7, 11) is 0. The lowest BCUT2D eigenvalue weighted by molar-refractivity contribution is -0.142. The third kappa shape index (κ3) is 11.0. The molecule has 0 saturated carbocycles. The van der Waals surface area contributed by atoms with E-state index >= 15 is 0 Å². The highest BCUT2D eigenvalue weighted by Gasteiger charge is 1.98. The zero-order chi connectivity index (χ0) is 17.5. The van der Waals surface area contributed by atoms with Gasteiger partial charge >= 0.3 is 5.97 Å². The number of unbranched alkanes of at least 4 members (excludes halogenated alkanes) is 3. The molecule has 0 heterocycles. The number of carboxylic acids is 1. The molecular weight excluding hydrogens is 310 g/mol. The Hall–Kier alpha value is -1.63. The van der Waals surface area contributed by atoms with Gasteiger partial charge in [-0.2, -0.15) is 0 Å². The van der Waals surface area contributed by atoms with Crippen LogP contribution in [0.5, 0.6) is 5.75 Å². The summed E-state index contributed by atoms with van der Waals surface area (Å²) in [6, 6.07) is 8.08. The molecule has 0 amide bonds. The van der Waals surface area contributed by atoms with Crippen molar-refractivity contribution < 1.29 is 24.1 Å². The zero-order valence-electron chi connectivity index (χ0n) is 14.2. The Balaban J connectivity index is 1.90. The minimum atomic E-state index is -0.955. The molecular formula is C18H29NO5. The smallest absolute Gasteiger partial charge is 0.329 e. The number of hydrogen-bond donors (Lipinski definition) is 2. The quantitative estimate of drug-likeness (QED) is 0.476. The first-order chi connectivity index (χ1) is 11.7. The van der Waals surface area contributed by atoms with Crippen LogP contribution in [0.1, 0.15) is 31.2 Å². The van der Waals surface area contributed by atoms with Crippen LogP contribution >= 0.6 is 0 Å². The van der Waals surface area contributed by atoms with E-state index in [4.69, 9.17) is 25.1 Å². The standard InChI is InChI=1S/C18H29NO5/c19-9-8-16-6-5-7-17(14-16)24-11-4-2-1-3-10-22-12-13-23-15-18(20)21/h5-7,14H,1-4,8-13,15,19H2,(H,20,21). The molecule has 136 valence electrons. The van der Waals surface area contributed by atoms with Gasteiger partial charge in [0.15, 0.2) is 0 Å². The van der Waals surface area contributed by atoms with Crippen molar-refractivity contribution in [2.75, 3.05) is 39.6 Å². The SMILES string of the molecule is NCCc1cccc(OCCCCCCOCCOCC(=O)O)c1. The summed E-state index contributed by atoms with van der Waals surface area (Å²) in [5, 5.41) is 8.39. The first-order valence-electron chi connectivity index (χ1n) is 8.51. The van der Waals surface area contributed by atoms with E-state index in [1.54, 1.807) is 0 Å². The number of benzene rings is 1. The second-order valence-electron chi connectivity index (χ2n) is 5.51. The molecule has 0 aromatic heterocycles. The molecule has 0 bridgehead atoms. The first-order valence-corrected chi connectivity index (χ1v) is 8.51. The fourth-order valence-electron chi connectivity index (χ4n) is 2.19. The lowest BCUT2D eigenvalue weighted by atomic mass is 10.1. The predicted molar refractivity (Wildman–Crippen MR) is 92.4 cm³/mol. The maximum atomic E-state index is 10.2. The van der Waals surface area contributed by atoms with Gasteiger partial charge in [-0.05, 0) is 49.9 Å². The molecule has 0 saturated heterocycles. The molecule has 0 spiro atoms. The number of aliphatic carboxylic acids is 1. The second kappa shape index (κ2) is 13.8. The maximum Gasteiger partial charge on any atom is 0.329 e. The molecule has 3 N–H and O–H groups in total. The van der Waals surface area contributed by atoms with Crippen LogP contribution in [-0.4, -0.2) is 50.7 Å². The summed E-state index contributed by atoms with van der Waals surface area (Å²) in [6.07, 6.45) is 5.07. The van der Waals surface area contributed by atoms with Gasteiger partial charge in [-0.3, -0.25) is 0 Å². The van der Waals surface area contributed by atoms with Crippen molar-refractivity contribution in [3.8, 4) is 5.75 Å². The van der Waals surface area contributed by atoms with Crippen molar-refractivity contribution in [3.63, 3.8) is 0 Å². The van der Waals surface area contributed by atoms with Gasteiger partial charge in [0.05, 0.1) is 19.8 Å². The van der Waals surface area contributed by atoms with Gasteiger partial charge in [-0.1, -0.05) is 18.6 Å². The van der Waals surface area contributed by atoms with Crippen molar-refractivity contribution in [1.29, 1.82) is 0 Å². The Morgan fingerprint density at radius 2 is 1.75 bits per heavy atom. The molecule has 0 fully saturated rings. The van der Waals surface area contributed by atoms with Gasteiger partial charge in [0.25, 0.3) is 0 Å². The summed E-state index contributed by atoms with van der Waals surface area (Å²) >= 11 is 0.